The van der Waals surface area contributed by atoms with Gasteiger partial charge in [-0.2, -0.15) is 5.26 Å². The maximum atomic E-state index is 9.05. The van der Waals surface area contributed by atoms with Crippen LogP contribution in [0, 0.1) is 16.7 Å². The fourth-order valence-corrected chi connectivity index (χ4v) is 2.01. The number of rotatable bonds is 4. The van der Waals surface area contributed by atoms with Gasteiger partial charge in [0, 0.05) is 13.1 Å². The molecule has 3 rings (SSSR count). The van der Waals surface area contributed by atoms with Crippen molar-refractivity contribution in [2.75, 3.05) is 19.8 Å². The summed E-state index contributed by atoms with van der Waals surface area (Å²) in [5.74, 6) is 0. The van der Waals surface area contributed by atoms with Gasteiger partial charge in [0.2, 0.25) is 0 Å². The predicted molar refractivity (Wildman–Crippen MR) is 64.6 cm³/mol. The second-order valence-electron chi connectivity index (χ2n) is 4.64. The number of benzene rings is 1. The Balaban J connectivity index is 1.61. The van der Waals surface area contributed by atoms with Gasteiger partial charge in [-0.1, -0.05) is 6.07 Å². The van der Waals surface area contributed by atoms with Crippen LogP contribution in [-0.4, -0.2) is 24.7 Å². The molecule has 5 nitrogen and oxygen atoms in total. The van der Waals surface area contributed by atoms with E-state index in [0.717, 1.165) is 16.7 Å². The summed E-state index contributed by atoms with van der Waals surface area (Å²) in [6, 6.07) is 8.22. The van der Waals surface area contributed by atoms with E-state index in [9.17, 15) is 0 Å². The summed E-state index contributed by atoms with van der Waals surface area (Å²) < 4.78 is 10.3. The van der Waals surface area contributed by atoms with Gasteiger partial charge in [0.15, 0.2) is 12.0 Å². The molecule has 2 heterocycles. The van der Waals surface area contributed by atoms with Crippen molar-refractivity contribution in [1.29, 1.82) is 5.26 Å². The number of nitrogens with zero attached hydrogens (tertiary/aromatic N) is 2. The third-order valence-electron chi connectivity index (χ3n) is 3.18. The SMILES string of the molecule is N#CC1(CNCc2ccc3ncoc3c2)COC1. The molecule has 1 aromatic carbocycles. The molecule has 0 aliphatic carbocycles. The minimum atomic E-state index is -0.337. The molecule has 18 heavy (non-hydrogen) atoms. The predicted octanol–water partition coefficient (Wildman–Crippen LogP) is 1.46. The van der Waals surface area contributed by atoms with Crippen LogP contribution < -0.4 is 5.32 Å². The largest absolute Gasteiger partial charge is 0.443 e. The number of nitriles is 1. The van der Waals surface area contributed by atoms with Crippen LogP contribution in [0.5, 0.6) is 0 Å². The molecule has 2 aromatic rings. The Bertz CT molecular complexity index is 596. The Labute approximate surface area is 104 Å². The normalized spacial score (nSPS) is 17.3. The second-order valence-corrected chi connectivity index (χ2v) is 4.64. The minimum Gasteiger partial charge on any atom is -0.443 e. The van der Waals surface area contributed by atoms with Crippen molar-refractivity contribution in [3.8, 4) is 6.07 Å². The molecule has 0 spiro atoms. The molecular formula is C13H13N3O2. The number of hydrogen-bond acceptors (Lipinski definition) is 5. The van der Waals surface area contributed by atoms with E-state index < -0.39 is 0 Å². The first-order chi connectivity index (χ1) is 8.81. The summed E-state index contributed by atoms with van der Waals surface area (Å²) >= 11 is 0. The third kappa shape index (κ3) is 1.96. The summed E-state index contributed by atoms with van der Waals surface area (Å²) in [5, 5.41) is 12.3. The van der Waals surface area contributed by atoms with Gasteiger partial charge < -0.3 is 14.5 Å². The first kappa shape index (κ1) is 11.2. The Hall–Kier alpha value is -1.90. The molecule has 0 saturated carbocycles. The van der Waals surface area contributed by atoms with Crippen LogP contribution in [0.4, 0.5) is 0 Å². The van der Waals surface area contributed by atoms with Crippen LogP contribution >= 0.6 is 0 Å². The highest BCUT2D eigenvalue weighted by Crippen LogP contribution is 2.25. The number of fused-ring (bicyclic) bond motifs is 1. The van der Waals surface area contributed by atoms with Crippen molar-refractivity contribution in [3.05, 3.63) is 30.2 Å². The number of hydrogen-bond donors (Lipinski definition) is 1. The van der Waals surface area contributed by atoms with E-state index in [1.54, 1.807) is 0 Å². The van der Waals surface area contributed by atoms with Gasteiger partial charge >= 0.3 is 0 Å². The molecule has 1 aliphatic rings. The molecule has 0 unspecified atom stereocenters. The van der Waals surface area contributed by atoms with Crippen LogP contribution in [0.25, 0.3) is 11.1 Å². The van der Waals surface area contributed by atoms with Gasteiger partial charge in [0.25, 0.3) is 0 Å². The highest BCUT2D eigenvalue weighted by atomic mass is 16.5. The van der Waals surface area contributed by atoms with Gasteiger partial charge in [-0.25, -0.2) is 4.98 Å². The summed E-state index contributed by atoms with van der Waals surface area (Å²) in [6.45, 7) is 2.41. The van der Waals surface area contributed by atoms with Crippen LogP contribution in [0.3, 0.4) is 0 Å². The van der Waals surface area contributed by atoms with E-state index in [1.807, 2.05) is 18.2 Å². The summed E-state index contributed by atoms with van der Waals surface area (Å²) in [5.41, 5.74) is 2.43. The van der Waals surface area contributed by atoms with E-state index in [-0.39, 0.29) is 5.41 Å². The molecule has 0 bridgehead atoms. The summed E-state index contributed by atoms with van der Waals surface area (Å²) in [7, 11) is 0. The van der Waals surface area contributed by atoms with Gasteiger partial charge in [-0.3, -0.25) is 0 Å². The first-order valence-corrected chi connectivity index (χ1v) is 5.83. The van der Waals surface area contributed by atoms with Crippen molar-refractivity contribution in [2.45, 2.75) is 6.54 Å². The Morgan fingerprint density at radius 1 is 1.44 bits per heavy atom. The van der Waals surface area contributed by atoms with E-state index >= 15 is 0 Å². The quantitative estimate of drug-likeness (QED) is 0.880. The average Bonchev–Trinajstić information content (AvgIpc) is 2.80. The smallest absolute Gasteiger partial charge is 0.181 e. The van der Waals surface area contributed by atoms with Crippen LogP contribution in [0.15, 0.2) is 29.0 Å². The number of aromatic nitrogens is 1. The van der Waals surface area contributed by atoms with E-state index in [4.69, 9.17) is 14.4 Å². The molecular weight excluding hydrogens is 230 g/mol. The molecule has 0 atom stereocenters. The van der Waals surface area contributed by atoms with Gasteiger partial charge in [0.05, 0.1) is 19.3 Å². The fraction of sp³-hybridized carbons (Fsp3) is 0.385. The van der Waals surface area contributed by atoms with Crippen molar-refractivity contribution >= 4 is 11.1 Å². The molecule has 0 amide bonds. The zero-order chi connectivity index (χ0) is 12.4. The summed E-state index contributed by atoms with van der Waals surface area (Å²) in [6.07, 6.45) is 1.44. The lowest BCUT2D eigenvalue weighted by atomic mass is 9.88. The number of oxazole rings is 1. The molecule has 1 N–H and O–H groups in total. The molecule has 92 valence electrons. The zero-order valence-electron chi connectivity index (χ0n) is 9.85. The Morgan fingerprint density at radius 2 is 2.33 bits per heavy atom. The first-order valence-electron chi connectivity index (χ1n) is 5.83. The van der Waals surface area contributed by atoms with Crippen molar-refractivity contribution in [2.24, 2.45) is 5.41 Å². The maximum Gasteiger partial charge on any atom is 0.181 e. The number of nitrogens with one attached hydrogen (secondary N) is 1. The summed E-state index contributed by atoms with van der Waals surface area (Å²) in [4.78, 5) is 4.07. The van der Waals surface area contributed by atoms with Crippen LogP contribution in [0.1, 0.15) is 5.56 Å². The second kappa shape index (κ2) is 4.41. The van der Waals surface area contributed by atoms with Crippen molar-refractivity contribution in [3.63, 3.8) is 0 Å². The molecule has 1 saturated heterocycles. The van der Waals surface area contributed by atoms with E-state index in [2.05, 4.69) is 16.4 Å². The molecule has 1 fully saturated rings. The van der Waals surface area contributed by atoms with Gasteiger partial charge in [-0.15, -0.1) is 0 Å². The highest BCUT2D eigenvalue weighted by Gasteiger charge is 2.38. The number of ether oxygens (including phenoxy) is 1. The Kier molecular flexibility index (Phi) is 2.74. The standard InChI is InChI=1S/C13H13N3O2/c14-5-13(7-17-8-13)6-15-4-10-1-2-11-12(3-10)18-9-16-11/h1-3,9,15H,4,6-8H2. The van der Waals surface area contributed by atoms with Gasteiger partial charge in [0.1, 0.15) is 10.9 Å². The Morgan fingerprint density at radius 3 is 3.06 bits per heavy atom. The lowest BCUT2D eigenvalue weighted by Crippen LogP contribution is -2.48. The van der Waals surface area contributed by atoms with Crippen LogP contribution in [0.2, 0.25) is 0 Å². The topological polar surface area (TPSA) is 71.1 Å². The highest BCUT2D eigenvalue weighted by molar-refractivity contribution is 5.72. The fourth-order valence-electron chi connectivity index (χ4n) is 2.01. The molecule has 1 aliphatic heterocycles. The minimum absolute atomic E-state index is 0.337. The lowest BCUT2D eigenvalue weighted by molar-refractivity contribution is -0.0755. The zero-order valence-corrected chi connectivity index (χ0v) is 9.85. The average molecular weight is 243 g/mol. The van der Waals surface area contributed by atoms with Crippen molar-refractivity contribution in [1.82, 2.24) is 10.3 Å². The molecule has 0 radical (unpaired) electrons. The van der Waals surface area contributed by atoms with E-state index in [1.165, 1.54) is 6.39 Å². The molecule has 5 heteroatoms. The van der Waals surface area contributed by atoms with Crippen molar-refractivity contribution < 1.29 is 9.15 Å². The third-order valence-corrected chi connectivity index (χ3v) is 3.18. The van der Waals surface area contributed by atoms with Crippen LogP contribution in [-0.2, 0) is 11.3 Å². The lowest BCUT2D eigenvalue weighted by Gasteiger charge is -2.35. The molecule has 1 aromatic heterocycles. The van der Waals surface area contributed by atoms with E-state index in [0.29, 0.717) is 26.3 Å². The van der Waals surface area contributed by atoms with Gasteiger partial charge in [-0.05, 0) is 17.7 Å². The maximum absolute atomic E-state index is 9.05. The monoisotopic (exact) mass is 243 g/mol.